The first-order valence-electron chi connectivity index (χ1n) is 2.68. The summed E-state index contributed by atoms with van der Waals surface area (Å²) in [5.41, 5.74) is 4.80. The van der Waals surface area contributed by atoms with Gasteiger partial charge in [-0.15, -0.1) is 0 Å². The fourth-order valence-corrected chi connectivity index (χ4v) is 0.552. The molecule has 3 N–H and O–H groups in total. The minimum absolute atomic E-state index is 0.338. The van der Waals surface area contributed by atoms with E-state index in [-0.39, 0.29) is 0 Å². The van der Waals surface area contributed by atoms with E-state index in [1.807, 2.05) is 0 Å². The van der Waals surface area contributed by atoms with Crippen molar-refractivity contribution in [1.82, 2.24) is 5.16 Å². The number of hydrogen-bond acceptors (Lipinski definition) is 3. The number of aryl methyl sites for hydroxylation is 1. The number of amides is 2. The molecule has 5 heteroatoms. The molecular formula is C5H7N3O2. The fraction of sp³-hybridized carbons (Fsp3) is 0.200. The van der Waals surface area contributed by atoms with E-state index < -0.39 is 6.03 Å². The number of aromatic nitrogens is 1. The van der Waals surface area contributed by atoms with E-state index in [1.54, 1.807) is 13.0 Å². The molecular weight excluding hydrogens is 134 g/mol. The molecule has 0 saturated heterocycles. The topological polar surface area (TPSA) is 81.1 Å². The van der Waals surface area contributed by atoms with Crippen LogP contribution in [0.2, 0.25) is 0 Å². The van der Waals surface area contributed by atoms with Crippen LogP contribution in [0.1, 0.15) is 5.76 Å². The summed E-state index contributed by atoms with van der Waals surface area (Å²) in [6, 6.07) is 0.929. The Balaban J connectivity index is 2.67. The van der Waals surface area contributed by atoms with Crippen LogP contribution in [-0.4, -0.2) is 11.2 Å². The maximum atomic E-state index is 10.2. The number of nitrogens with two attached hydrogens (primary N) is 1. The zero-order valence-corrected chi connectivity index (χ0v) is 5.42. The first kappa shape index (κ1) is 6.60. The van der Waals surface area contributed by atoms with Crippen LogP contribution >= 0.6 is 0 Å². The van der Waals surface area contributed by atoms with E-state index in [9.17, 15) is 4.79 Å². The number of carbonyl (C=O) groups is 1. The van der Waals surface area contributed by atoms with Gasteiger partial charge < -0.3 is 10.3 Å². The number of primary amides is 1. The predicted octanol–water partition coefficient (Wildman–Crippen LogP) is 0.474. The van der Waals surface area contributed by atoms with Gasteiger partial charge in [-0.25, -0.2) is 4.79 Å². The SMILES string of the molecule is Cc1cc(NC(N)=O)no1. The van der Waals surface area contributed by atoms with Crippen LogP contribution in [-0.2, 0) is 0 Å². The third kappa shape index (κ3) is 1.48. The van der Waals surface area contributed by atoms with Crippen LogP contribution in [0.4, 0.5) is 10.6 Å². The maximum Gasteiger partial charge on any atom is 0.317 e. The summed E-state index contributed by atoms with van der Waals surface area (Å²) in [5.74, 6) is 0.966. The second-order valence-electron chi connectivity index (χ2n) is 1.81. The first-order valence-corrected chi connectivity index (χ1v) is 2.68. The summed E-state index contributed by atoms with van der Waals surface area (Å²) >= 11 is 0. The van der Waals surface area contributed by atoms with Gasteiger partial charge in [0.05, 0.1) is 0 Å². The third-order valence-electron chi connectivity index (χ3n) is 0.879. The number of nitrogens with one attached hydrogen (secondary N) is 1. The highest BCUT2D eigenvalue weighted by atomic mass is 16.5. The summed E-state index contributed by atoms with van der Waals surface area (Å²) in [6.45, 7) is 1.72. The van der Waals surface area contributed by atoms with Crippen molar-refractivity contribution in [2.75, 3.05) is 5.32 Å². The van der Waals surface area contributed by atoms with Crippen molar-refractivity contribution in [1.29, 1.82) is 0 Å². The zero-order valence-electron chi connectivity index (χ0n) is 5.42. The molecule has 0 atom stereocenters. The molecule has 0 aromatic carbocycles. The van der Waals surface area contributed by atoms with Gasteiger partial charge in [-0.05, 0) is 6.92 Å². The minimum atomic E-state index is -0.645. The average molecular weight is 141 g/mol. The Morgan fingerprint density at radius 1 is 1.90 bits per heavy atom. The summed E-state index contributed by atoms with van der Waals surface area (Å²) in [4.78, 5) is 10.2. The molecule has 0 radical (unpaired) electrons. The summed E-state index contributed by atoms with van der Waals surface area (Å²) in [6.07, 6.45) is 0. The molecule has 1 rings (SSSR count). The van der Waals surface area contributed by atoms with Crippen molar-refractivity contribution in [3.8, 4) is 0 Å². The van der Waals surface area contributed by atoms with Gasteiger partial charge in [-0.3, -0.25) is 5.32 Å². The molecule has 0 spiro atoms. The van der Waals surface area contributed by atoms with Crippen molar-refractivity contribution < 1.29 is 9.32 Å². The second kappa shape index (κ2) is 2.38. The lowest BCUT2D eigenvalue weighted by molar-refractivity contribution is 0.259. The molecule has 10 heavy (non-hydrogen) atoms. The van der Waals surface area contributed by atoms with E-state index in [1.165, 1.54) is 0 Å². The van der Waals surface area contributed by atoms with Gasteiger partial charge in [0.25, 0.3) is 0 Å². The zero-order chi connectivity index (χ0) is 7.56. The van der Waals surface area contributed by atoms with E-state index in [2.05, 4.69) is 15.0 Å². The molecule has 2 amide bonds. The third-order valence-corrected chi connectivity index (χ3v) is 0.879. The lowest BCUT2D eigenvalue weighted by Crippen LogP contribution is -2.19. The van der Waals surface area contributed by atoms with Crippen LogP contribution < -0.4 is 11.1 Å². The number of rotatable bonds is 1. The summed E-state index contributed by atoms with van der Waals surface area (Å²) < 4.78 is 4.65. The molecule has 0 unspecified atom stereocenters. The highest BCUT2D eigenvalue weighted by molar-refractivity contribution is 5.86. The normalized spacial score (nSPS) is 9.30. The molecule has 1 heterocycles. The Morgan fingerprint density at radius 3 is 3.00 bits per heavy atom. The number of anilines is 1. The molecule has 54 valence electrons. The van der Waals surface area contributed by atoms with Gasteiger partial charge in [-0.1, -0.05) is 5.16 Å². The Kier molecular flexibility index (Phi) is 1.57. The quantitative estimate of drug-likeness (QED) is 0.596. The van der Waals surface area contributed by atoms with Gasteiger partial charge in [0.1, 0.15) is 5.76 Å². The Labute approximate surface area is 57.2 Å². The Morgan fingerprint density at radius 2 is 2.60 bits per heavy atom. The predicted molar refractivity (Wildman–Crippen MR) is 34.4 cm³/mol. The van der Waals surface area contributed by atoms with Gasteiger partial charge in [-0.2, -0.15) is 0 Å². The Bertz CT molecular complexity index is 243. The van der Waals surface area contributed by atoms with Crippen molar-refractivity contribution in [3.05, 3.63) is 11.8 Å². The average Bonchev–Trinajstić information content (AvgIpc) is 2.13. The van der Waals surface area contributed by atoms with Gasteiger partial charge in [0, 0.05) is 6.07 Å². The molecule has 0 aliphatic rings. The highest BCUT2D eigenvalue weighted by Crippen LogP contribution is 2.05. The van der Waals surface area contributed by atoms with Crippen LogP contribution in [0.3, 0.4) is 0 Å². The number of hydrogen-bond donors (Lipinski definition) is 2. The maximum absolute atomic E-state index is 10.2. The van der Waals surface area contributed by atoms with Crippen molar-refractivity contribution in [2.45, 2.75) is 6.92 Å². The van der Waals surface area contributed by atoms with Crippen LogP contribution in [0, 0.1) is 6.92 Å². The minimum Gasteiger partial charge on any atom is -0.360 e. The molecule has 0 aliphatic heterocycles. The second-order valence-corrected chi connectivity index (χ2v) is 1.81. The standard InChI is InChI=1S/C5H7N3O2/c1-3-2-4(8-10-3)7-5(6)9/h2H,1H3,(H3,6,7,8,9). The van der Waals surface area contributed by atoms with E-state index in [4.69, 9.17) is 5.73 Å². The van der Waals surface area contributed by atoms with Gasteiger partial charge in [0.2, 0.25) is 0 Å². The van der Waals surface area contributed by atoms with Crippen LogP contribution in [0.15, 0.2) is 10.6 Å². The first-order chi connectivity index (χ1) is 4.68. The summed E-state index contributed by atoms with van der Waals surface area (Å²) in [7, 11) is 0. The summed E-state index contributed by atoms with van der Waals surface area (Å²) in [5, 5.41) is 5.73. The molecule has 0 saturated carbocycles. The van der Waals surface area contributed by atoms with Crippen molar-refractivity contribution >= 4 is 11.8 Å². The smallest absolute Gasteiger partial charge is 0.317 e. The van der Waals surface area contributed by atoms with Gasteiger partial charge >= 0.3 is 6.03 Å². The highest BCUT2D eigenvalue weighted by Gasteiger charge is 1.99. The molecule has 0 bridgehead atoms. The van der Waals surface area contributed by atoms with E-state index in [0.717, 1.165) is 0 Å². The molecule has 5 nitrogen and oxygen atoms in total. The largest absolute Gasteiger partial charge is 0.360 e. The van der Waals surface area contributed by atoms with Gasteiger partial charge in [0.15, 0.2) is 5.82 Å². The molecule has 0 aliphatic carbocycles. The molecule has 1 aromatic heterocycles. The van der Waals surface area contributed by atoms with Crippen LogP contribution in [0.5, 0.6) is 0 Å². The number of nitrogens with zero attached hydrogens (tertiary/aromatic N) is 1. The van der Waals surface area contributed by atoms with E-state index >= 15 is 0 Å². The van der Waals surface area contributed by atoms with E-state index in [0.29, 0.717) is 11.6 Å². The van der Waals surface area contributed by atoms with Crippen LogP contribution in [0.25, 0.3) is 0 Å². The Hall–Kier alpha value is -1.52. The van der Waals surface area contributed by atoms with Crippen molar-refractivity contribution in [3.63, 3.8) is 0 Å². The lowest BCUT2D eigenvalue weighted by Gasteiger charge is -1.89. The lowest BCUT2D eigenvalue weighted by atomic mass is 10.5. The number of carbonyl (C=O) groups excluding carboxylic acids is 1. The fourth-order valence-electron chi connectivity index (χ4n) is 0.552. The molecule has 0 fully saturated rings. The number of urea groups is 1. The monoisotopic (exact) mass is 141 g/mol. The molecule has 1 aromatic rings. The van der Waals surface area contributed by atoms with Crippen molar-refractivity contribution in [2.24, 2.45) is 5.73 Å².